The van der Waals surface area contributed by atoms with Crippen molar-refractivity contribution in [2.75, 3.05) is 17.7 Å². The van der Waals surface area contributed by atoms with E-state index in [0.29, 0.717) is 10.6 Å². The Labute approximate surface area is 145 Å². The molecule has 0 radical (unpaired) electrons. The molecule has 2 aromatic heterocycles. The van der Waals surface area contributed by atoms with Crippen LogP contribution in [-0.4, -0.2) is 39.3 Å². The minimum atomic E-state index is -0.510. The Morgan fingerprint density at radius 1 is 1.46 bits per heavy atom. The lowest BCUT2D eigenvalue weighted by Gasteiger charge is -2.06. The van der Waals surface area contributed by atoms with Gasteiger partial charge in [0.15, 0.2) is 5.16 Å². The second kappa shape index (κ2) is 7.97. The van der Waals surface area contributed by atoms with Crippen molar-refractivity contribution in [2.45, 2.75) is 19.0 Å². The van der Waals surface area contributed by atoms with Crippen LogP contribution in [0.25, 0.3) is 0 Å². The van der Waals surface area contributed by atoms with Gasteiger partial charge in [-0.2, -0.15) is 4.98 Å². The summed E-state index contributed by atoms with van der Waals surface area (Å²) in [4.78, 5) is 42.1. The monoisotopic (exact) mass is 369 g/mol. The average molecular weight is 369 g/mol. The number of thioether (sulfide) groups is 1. The topological polar surface area (TPSA) is 121 Å². The number of aromatic amines is 1. The fraction of sp³-hybridized carbons (Fsp3) is 0.286. The fourth-order valence-corrected chi connectivity index (χ4v) is 3.34. The Bertz CT molecular complexity index is 815. The summed E-state index contributed by atoms with van der Waals surface area (Å²) >= 11 is 2.23. The number of H-pyrrole nitrogens is 1. The van der Waals surface area contributed by atoms with E-state index >= 15 is 0 Å². The van der Waals surface area contributed by atoms with E-state index in [1.807, 2.05) is 6.92 Å². The lowest BCUT2D eigenvalue weighted by Crippen LogP contribution is -2.16. The Morgan fingerprint density at radius 3 is 2.88 bits per heavy atom. The van der Waals surface area contributed by atoms with Crippen molar-refractivity contribution in [3.63, 3.8) is 0 Å². The molecule has 0 aliphatic heterocycles. The summed E-state index contributed by atoms with van der Waals surface area (Å²) in [6.07, 6.45) is 0. The quantitative estimate of drug-likeness (QED) is 0.403. The average Bonchev–Trinajstić information content (AvgIpc) is 2.85. The number of rotatable bonds is 6. The van der Waals surface area contributed by atoms with Crippen molar-refractivity contribution in [3.05, 3.63) is 32.9 Å². The number of aromatic nitrogens is 2. The van der Waals surface area contributed by atoms with Crippen LogP contribution < -0.4 is 10.9 Å². The second-order valence-electron chi connectivity index (χ2n) is 4.57. The van der Waals surface area contributed by atoms with Gasteiger partial charge in [-0.3, -0.25) is 9.59 Å². The summed E-state index contributed by atoms with van der Waals surface area (Å²) in [6, 6.07) is 2.59. The minimum Gasteiger partial charge on any atom is -0.493 e. The summed E-state index contributed by atoms with van der Waals surface area (Å²) in [7, 11) is 0. The minimum absolute atomic E-state index is 0.0500. The molecule has 1 amide bonds. The molecule has 8 nitrogen and oxygen atoms in total. The number of amides is 1. The molecule has 0 aliphatic carbocycles. The molecule has 128 valence electrons. The first-order valence-electron chi connectivity index (χ1n) is 6.89. The molecule has 0 atom stereocenters. The number of nitrogens with one attached hydrogen (secondary N) is 2. The van der Waals surface area contributed by atoms with Gasteiger partial charge in [0.25, 0.3) is 5.56 Å². The lowest BCUT2D eigenvalue weighted by atomic mass is 10.3. The molecule has 0 saturated carbocycles. The van der Waals surface area contributed by atoms with Crippen LogP contribution in [0, 0.1) is 6.92 Å². The highest BCUT2D eigenvalue weighted by atomic mass is 32.2. The van der Waals surface area contributed by atoms with Gasteiger partial charge in [-0.05, 0) is 19.9 Å². The highest BCUT2D eigenvalue weighted by Crippen LogP contribution is 2.28. The van der Waals surface area contributed by atoms with E-state index in [2.05, 4.69) is 15.3 Å². The van der Waals surface area contributed by atoms with Gasteiger partial charge in [0.1, 0.15) is 5.00 Å². The number of ether oxygens (including phenoxy) is 1. The molecule has 0 aromatic carbocycles. The van der Waals surface area contributed by atoms with Crippen LogP contribution in [0.5, 0.6) is 5.88 Å². The third-order valence-corrected chi connectivity index (χ3v) is 4.49. The van der Waals surface area contributed by atoms with E-state index < -0.39 is 17.4 Å². The van der Waals surface area contributed by atoms with Gasteiger partial charge in [0.05, 0.1) is 24.0 Å². The van der Waals surface area contributed by atoms with E-state index in [1.165, 1.54) is 11.3 Å². The van der Waals surface area contributed by atoms with E-state index in [4.69, 9.17) is 4.74 Å². The summed E-state index contributed by atoms with van der Waals surface area (Å²) < 4.78 is 4.95. The van der Waals surface area contributed by atoms with Crippen molar-refractivity contribution < 1.29 is 19.4 Å². The Morgan fingerprint density at radius 2 is 2.21 bits per heavy atom. The molecule has 3 N–H and O–H groups in total. The maximum absolute atomic E-state index is 12.0. The fourth-order valence-electron chi connectivity index (χ4n) is 1.76. The second-order valence-corrected chi connectivity index (χ2v) is 6.79. The zero-order valence-corrected chi connectivity index (χ0v) is 14.5. The Hall–Kier alpha value is -2.33. The van der Waals surface area contributed by atoms with Crippen LogP contribution in [0.3, 0.4) is 0 Å². The normalized spacial score (nSPS) is 10.4. The van der Waals surface area contributed by atoms with Crippen molar-refractivity contribution in [1.82, 2.24) is 9.97 Å². The van der Waals surface area contributed by atoms with Gasteiger partial charge in [-0.15, -0.1) is 11.3 Å². The molecular weight excluding hydrogens is 354 g/mol. The van der Waals surface area contributed by atoms with Crippen LogP contribution in [0.15, 0.2) is 22.1 Å². The molecule has 2 aromatic rings. The first kappa shape index (κ1) is 18.0. The number of aromatic hydroxyl groups is 1. The first-order chi connectivity index (χ1) is 11.4. The van der Waals surface area contributed by atoms with Crippen molar-refractivity contribution in [3.8, 4) is 5.88 Å². The summed E-state index contributed by atoms with van der Waals surface area (Å²) in [6.45, 7) is 3.77. The number of esters is 1. The number of anilines is 1. The van der Waals surface area contributed by atoms with Crippen LogP contribution in [0.1, 0.15) is 22.2 Å². The smallest absolute Gasteiger partial charge is 0.341 e. The van der Waals surface area contributed by atoms with E-state index in [1.54, 1.807) is 13.0 Å². The van der Waals surface area contributed by atoms with Gasteiger partial charge in [-0.25, -0.2) is 4.79 Å². The number of nitrogens with zero attached hydrogens (tertiary/aromatic N) is 1. The van der Waals surface area contributed by atoms with Gasteiger partial charge < -0.3 is 20.1 Å². The number of carbonyl (C=O) groups excluding carboxylic acids is 2. The molecular formula is C14H15N3O5S2. The summed E-state index contributed by atoms with van der Waals surface area (Å²) in [5.74, 6) is -1.34. The third-order valence-electron chi connectivity index (χ3n) is 2.65. The standard InChI is InChI=1S/C14H15N3O5S2/c1-3-22-13(21)8-4-7(2)24-12(8)15-11(20)6-23-14-16-9(18)5-10(19)17-14/h4-5H,3,6H2,1-2H3,(H,15,20)(H2,16,17,18,19). The zero-order valence-electron chi connectivity index (χ0n) is 12.9. The molecule has 0 unspecified atom stereocenters. The Kier molecular flexibility index (Phi) is 5.99. The first-order valence-corrected chi connectivity index (χ1v) is 8.69. The van der Waals surface area contributed by atoms with Gasteiger partial charge in [-0.1, -0.05) is 11.8 Å². The van der Waals surface area contributed by atoms with Crippen molar-refractivity contribution in [2.24, 2.45) is 0 Å². The third kappa shape index (κ3) is 4.83. The van der Waals surface area contributed by atoms with E-state index in [-0.39, 0.29) is 23.4 Å². The highest BCUT2D eigenvalue weighted by molar-refractivity contribution is 7.99. The van der Waals surface area contributed by atoms with Crippen LogP contribution >= 0.6 is 23.1 Å². The molecule has 10 heteroatoms. The molecule has 0 spiro atoms. The number of carbonyl (C=O) groups is 2. The number of aryl methyl sites for hydroxylation is 1. The van der Waals surface area contributed by atoms with Crippen LogP contribution in [-0.2, 0) is 9.53 Å². The maximum Gasteiger partial charge on any atom is 0.341 e. The van der Waals surface area contributed by atoms with Gasteiger partial charge in [0.2, 0.25) is 11.8 Å². The van der Waals surface area contributed by atoms with Gasteiger partial charge in [0, 0.05) is 4.88 Å². The van der Waals surface area contributed by atoms with E-state index in [0.717, 1.165) is 22.7 Å². The lowest BCUT2D eigenvalue weighted by molar-refractivity contribution is -0.113. The molecule has 0 fully saturated rings. The van der Waals surface area contributed by atoms with Crippen molar-refractivity contribution >= 4 is 40.0 Å². The molecule has 0 aliphatic rings. The SMILES string of the molecule is CCOC(=O)c1cc(C)sc1NC(=O)CSc1nc(O)cc(=O)[nH]1. The molecule has 0 bridgehead atoms. The predicted molar refractivity (Wildman–Crippen MR) is 90.9 cm³/mol. The molecule has 24 heavy (non-hydrogen) atoms. The number of thiophene rings is 1. The summed E-state index contributed by atoms with van der Waals surface area (Å²) in [5.41, 5.74) is -0.203. The number of hydrogen-bond donors (Lipinski definition) is 3. The number of hydrogen-bond acceptors (Lipinski definition) is 8. The molecule has 2 rings (SSSR count). The zero-order chi connectivity index (χ0) is 17.7. The van der Waals surface area contributed by atoms with Crippen LogP contribution in [0.2, 0.25) is 0 Å². The largest absolute Gasteiger partial charge is 0.493 e. The highest BCUT2D eigenvalue weighted by Gasteiger charge is 2.18. The molecule has 0 saturated heterocycles. The van der Waals surface area contributed by atoms with E-state index in [9.17, 15) is 19.5 Å². The Balaban J connectivity index is 2.02. The van der Waals surface area contributed by atoms with Crippen molar-refractivity contribution in [1.29, 1.82) is 0 Å². The molecule has 2 heterocycles. The maximum atomic E-state index is 12.0. The predicted octanol–water partition coefficient (Wildman–Crippen LogP) is 1.75. The summed E-state index contributed by atoms with van der Waals surface area (Å²) in [5, 5.41) is 12.4. The van der Waals surface area contributed by atoms with Crippen LogP contribution in [0.4, 0.5) is 5.00 Å². The van der Waals surface area contributed by atoms with Gasteiger partial charge >= 0.3 is 5.97 Å².